The molecular weight excluding hydrogens is 460 g/mol. The van der Waals surface area contributed by atoms with E-state index < -0.39 is 5.97 Å². The third-order valence-corrected chi connectivity index (χ3v) is 7.24. The molecule has 0 saturated heterocycles. The Morgan fingerprint density at radius 3 is 1.49 bits per heavy atom. The first kappa shape index (κ1) is 35.7. The topological polar surface area (TPSA) is 63.6 Å². The highest BCUT2D eigenvalue weighted by atomic mass is 16.5. The van der Waals surface area contributed by atoms with Crippen molar-refractivity contribution >= 4 is 11.9 Å². The summed E-state index contributed by atoms with van der Waals surface area (Å²) < 4.78 is 5.92. The van der Waals surface area contributed by atoms with E-state index in [0.717, 1.165) is 70.6 Å². The summed E-state index contributed by atoms with van der Waals surface area (Å²) >= 11 is 0. The monoisotopic (exact) mass is 522 g/mol. The molecule has 1 atom stereocenters. The van der Waals surface area contributed by atoms with Gasteiger partial charge in [-0.2, -0.15) is 0 Å². The fourth-order valence-corrected chi connectivity index (χ4v) is 4.82. The van der Waals surface area contributed by atoms with Crippen LogP contribution in [0.15, 0.2) is 12.2 Å². The molecule has 0 radical (unpaired) electrons. The van der Waals surface area contributed by atoms with Crippen LogP contribution in [-0.4, -0.2) is 23.1 Å². The summed E-state index contributed by atoms with van der Waals surface area (Å²) in [6, 6.07) is 0. The summed E-state index contributed by atoms with van der Waals surface area (Å²) in [6.07, 6.45) is 33.7. The molecule has 0 aromatic carbocycles. The minimum Gasteiger partial charge on any atom is -0.481 e. The largest absolute Gasteiger partial charge is 0.481 e. The number of carboxylic acid groups (broad SMARTS) is 1. The molecule has 0 rings (SSSR count). The molecule has 0 saturated carbocycles. The lowest BCUT2D eigenvalue weighted by molar-refractivity contribution is -0.150. The maximum atomic E-state index is 12.5. The molecule has 0 spiro atoms. The number of hydrogen-bond acceptors (Lipinski definition) is 3. The molecule has 0 aliphatic heterocycles. The van der Waals surface area contributed by atoms with Crippen LogP contribution < -0.4 is 0 Å². The molecule has 4 heteroatoms. The van der Waals surface area contributed by atoms with Gasteiger partial charge < -0.3 is 9.84 Å². The number of esters is 1. The van der Waals surface area contributed by atoms with Crippen molar-refractivity contribution in [2.24, 2.45) is 0 Å². The summed E-state index contributed by atoms with van der Waals surface area (Å²) in [6.45, 7) is 4.49. The second-order valence-electron chi connectivity index (χ2n) is 11.0. The van der Waals surface area contributed by atoms with Crippen LogP contribution in [0.1, 0.15) is 181 Å². The minimum absolute atomic E-state index is 0.00163. The molecule has 4 nitrogen and oxygen atoms in total. The molecule has 0 fully saturated rings. The van der Waals surface area contributed by atoms with Crippen LogP contribution in [0.5, 0.6) is 0 Å². The quantitative estimate of drug-likeness (QED) is 0.0602. The Balaban J connectivity index is 3.93. The molecule has 37 heavy (non-hydrogen) atoms. The lowest BCUT2D eigenvalue weighted by Gasteiger charge is -2.18. The van der Waals surface area contributed by atoms with Crippen LogP contribution >= 0.6 is 0 Å². The molecule has 0 aromatic heterocycles. The summed E-state index contributed by atoms with van der Waals surface area (Å²) in [4.78, 5) is 23.1. The van der Waals surface area contributed by atoms with E-state index in [1.165, 1.54) is 83.5 Å². The Hall–Kier alpha value is -1.32. The van der Waals surface area contributed by atoms with Crippen molar-refractivity contribution in [2.75, 3.05) is 0 Å². The average molecular weight is 523 g/mol. The number of hydrogen-bond donors (Lipinski definition) is 1. The van der Waals surface area contributed by atoms with Crippen molar-refractivity contribution in [1.29, 1.82) is 0 Å². The Morgan fingerprint density at radius 1 is 0.568 bits per heavy atom. The van der Waals surface area contributed by atoms with Crippen molar-refractivity contribution in [2.45, 2.75) is 187 Å². The minimum atomic E-state index is -0.695. The number of aliphatic carboxylic acids is 1. The van der Waals surface area contributed by atoms with E-state index in [-0.39, 0.29) is 18.5 Å². The molecule has 0 aromatic rings. The second-order valence-corrected chi connectivity index (χ2v) is 11.0. The first-order chi connectivity index (χ1) is 18.1. The van der Waals surface area contributed by atoms with Gasteiger partial charge in [0, 0.05) is 12.8 Å². The standard InChI is InChI=1S/C33H62O4/c1-3-5-7-9-10-11-12-13-14-15-16-22-26-30-33(36)37-31(27-23-19-8-6-4-2)28-24-20-17-18-21-25-29-32(34)35/h11-12,31H,3-10,13-30H2,1-2H3,(H,34,35)/b12-11-. The van der Waals surface area contributed by atoms with E-state index in [9.17, 15) is 9.59 Å². The average Bonchev–Trinajstić information content (AvgIpc) is 2.87. The summed E-state index contributed by atoms with van der Waals surface area (Å²) in [7, 11) is 0. The van der Waals surface area contributed by atoms with Gasteiger partial charge in [0.15, 0.2) is 0 Å². The number of allylic oxidation sites excluding steroid dienone is 2. The number of carbonyl (C=O) groups is 2. The van der Waals surface area contributed by atoms with Gasteiger partial charge in [0.2, 0.25) is 0 Å². The smallest absolute Gasteiger partial charge is 0.306 e. The Morgan fingerprint density at radius 2 is 0.973 bits per heavy atom. The van der Waals surface area contributed by atoms with E-state index in [2.05, 4.69) is 26.0 Å². The SMILES string of the molecule is CCCCCC/C=C\CCCCCCCC(=O)OC(CCCCCCC)CCCCCCCCC(=O)O. The number of unbranched alkanes of at least 4 members (excludes halogenated alkanes) is 18. The van der Waals surface area contributed by atoms with Crippen molar-refractivity contribution in [3.8, 4) is 0 Å². The predicted molar refractivity (Wildman–Crippen MR) is 158 cm³/mol. The van der Waals surface area contributed by atoms with Gasteiger partial charge >= 0.3 is 11.9 Å². The molecule has 1 unspecified atom stereocenters. The predicted octanol–water partition coefficient (Wildman–Crippen LogP) is 10.7. The van der Waals surface area contributed by atoms with Gasteiger partial charge in [-0.3, -0.25) is 9.59 Å². The zero-order valence-electron chi connectivity index (χ0n) is 24.8. The lowest BCUT2D eigenvalue weighted by atomic mass is 10.0. The molecule has 0 bridgehead atoms. The van der Waals surface area contributed by atoms with E-state index >= 15 is 0 Å². The fourth-order valence-electron chi connectivity index (χ4n) is 4.82. The Kier molecular flexibility index (Phi) is 28.2. The highest BCUT2D eigenvalue weighted by Gasteiger charge is 2.14. The fraction of sp³-hybridized carbons (Fsp3) is 0.879. The molecule has 218 valence electrons. The molecule has 0 aliphatic rings. The Bertz CT molecular complexity index is 528. The van der Waals surface area contributed by atoms with Gasteiger partial charge in [0.25, 0.3) is 0 Å². The highest BCUT2D eigenvalue weighted by molar-refractivity contribution is 5.69. The van der Waals surface area contributed by atoms with Crippen LogP contribution in [0.3, 0.4) is 0 Å². The highest BCUT2D eigenvalue weighted by Crippen LogP contribution is 2.18. The van der Waals surface area contributed by atoms with Gasteiger partial charge in [-0.25, -0.2) is 0 Å². The van der Waals surface area contributed by atoms with Crippen LogP contribution in [-0.2, 0) is 14.3 Å². The maximum Gasteiger partial charge on any atom is 0.306 e. The van der Waals surface area contributed by atoms with E-state index in [0.29, 0.717) is 6.42 Å². The van der Waals surface area contributed by atoms with Gasteiger partial charge in [0.1, 0.15) is 6.10 Å². The van der Waals surface area contributed by atoms with Crippen molar-refractivity contribution < 1.29 is 19.4 Å². The summed E-state index contributed by atoms with van der Waals surface area (Å²) in [5.74, 6) is -0.696. The molecule has 1 N–H and O–H groups in total. The van der Waals surface area contributed by atoms with Gasteiger partial charge in [-0.1, -0.05) is 116 Å². The van der Waals surface area contributed by atoms with Crippen molar-refractivity contribution in [3.63, 3.8) is 0 Å². The van der Waals surface area contributed by atoms with Crippen LogP contribution in [0.25, 0.3) is 0 Å². The van der Waals surface area contributed by atoms with Crippen LogP contribution in [0.2, 0.25) is 0 Å². The lowest BCUT2D eigenvalue weighted by Crippen LogP contribution is -2.18. The van der Waals surface area contributed by atoms with Crippen molar-refractivity contribution in [3.05, 3.63) is 12.2 Å². The molecule has 0 aliphatic carbocycles. The number of carboxylic acids is 1. The second kappa shape index (κ2) is 29.2. The van der Waals surface area contributed by atoms with E-state index in [4.69, 9.17) is 9.84 Å². The summed E-state index contributed by atoms with van der Waals surface area (Å²) in [5.41, 5.74) is 0. The van der Waals surface area contributed by atoms with Gasteiger partial charge in [-0.05, 0) is 64.2 Å². The molecular formula is C33H62O4. The Labute approximate surface area is 230 Å². The van der Waals surface area contributed by atoms with Gasteiger partial charge in [-0.15, -0.1) is 0 Å². The van der Waals surface area contributed by atoms with E-state index in [1.807, 2.05) is 0 Å². The zero-order chi connectivity index (χ0) is 27.2. The number of ether oxygens (including phenoxy) is 1. The first-order valence-corrected chi connectivity index (χ1v) is 16.2. The van der Waals surface area contributed by atoms with Crippen LogP contribution in [0, 0.1) is 0 Å². The first-order valence-electron chi connectivity index (χ1n) is 16.2. The number of carbonyl (C=O) groups excluding carboxylic acids is 1. The van der Waals surface area contributed by atoms with Crippen molar-refractivity contribution in [1.82, 2.24) is 0 Å². The normalized spacial score (nSPS) is 12.3. The number of rotatable bonds is 29. The summed E-state index contributed by atoms with van der Waals surface area (Å²) in [5, 5.41) is 8.72. The van der Waals surface area contributed by atoms with Crippen LogP contribution in [0.4, 0.5) is 0 Å². The van der Waals surface area contributed by atoms with E-state index in [1.54, 1.807) is 0 Å². The zero-order valence-corrected chi connectivity index (χ0v) is 24.8. The maximum absolute atomic E-state index is 12.5. The van der Waals surface area contributed by atoms with Gasteiger partial charge in [0.05, 0.1) is 0 Å². The third-order valence-electron chi connectivity index (χ3n) is 7.24. The molecule has 0 heterocycles. The third kappa shape index (κ3) is 29.1. The molecule has 0 amide bonds.